The van der Waals surface area contributed by atoms with Crippen molar-refractivity contribution in [3.63, 3.8) is 0 Å². The molecule has 0 aliphatic rings. The Hall–Kier alpha value is -3.84. The minimum Gasteiger partial charge on any atom is -0.322 e. The number of halogens is 1. The number of benzene rings is 3. The molecule has 0 spiro atoms. The minimum atomic E-state index is -0.342. The van der Waals surface area contributed by atoms with Crippen molar-refractivity contribution >= 4 is 34.0 Å². The maximum Gasteiger partial charge on any atom is 0.257 e. The van der Waals surface area contributed by atoms with Crippen LogP contribution in [0, 0.1) is 5.82 Å². The molecule has 4 rings (SSSR count). The molecule has 0 radical (unpaired) electrons. The van der Waals surface area contributed by atoms with Crippen LogP contribution in [0.2, 0.25) is 0 Å². The first kappa shape index (κ1) is 19.5. The van der Waals surface area contributed by atoms with E-state index in [1.807, 2.05) is 6.07 Å². The maximum absolute atomic E-state index is 13.4. The summed E-state index contributed by atoms with van der Waals surface area (Å²) in [7, 11) is 0. The van der Waals surface area contributed by atoms with E-state index >= 15 is 0 Å². The summed E-state index contributed by atoms with van der Waals surface area (Å²) in [6.07, 6.45) is 0. The van der Waals surface area contributed by atoms with E-state index in [0.717, 1.165) is 0 Å². The molecule has 0 aliphatic heterocycles. The smallest absolute Gasteiger partial charge is 0.257 e. The normalized spacial score (nSPS) is 10.4. The van der Waals surface area contributed by atoms with Gasteiger partial charge in [-0.2, -0.15) is 0 Å². The summed E-state index contributed by atoms with van der Waals surface area (Å²) in [5.74, 6) is -0.887. The number of nitrogens with zero attached hydrogens (tertiary/aromatic N) is 1. The second-order valence-corrected chi connectivity index (χ2v) is 7.26. The van der Waals surface area contributed by atoms with Crippen LogP contribution in [-0.4, -0.2) is 16.8 Å². The number of thiazole rings is 1. The lowest BCUT2D eigenvalue weighted by Crippen LogP contribution is -2.13. The highest BCUT2D eigenvalue weighted by Crippen LogP contribution is 2.25. The van der Waals surface area contributed by atoms with E-state index in [1.54, 1.807) is 66.0 Å². The van der Waals surface area contributed by atoms with E-state index in [-0.39, 0.29) is 17.6 Å². The standard InChI is InChI=1S/C23H16FN3O2S/c24-18-8-4-7-17(13-18)20-14-30-23(26-20)27-22(29)16-9-11-19(12-10-16)25-21(28)15-5-2-1-3-6-15/h1-14H,(H,25,28)(H,26,27,29). The van der Waals surface area contributed by atoms with Crippen LogP contribution < -0.4 is 10.6 Å². The van der Waals surface area contributed by atoms with E-state index in [4.69, 9.17) is 0 Å². The van der Waals surface area contributed by atoms with E-state index in [1.165, 1.54) is 23.5 Å². The Balaban J connectivity index is 1.40. The van der Waals surface area contributed by atoms with Crippen molar-refractivity contribution in [1.29, 1.82) is 0 Å². The third-order valence-electron chi connectivity index (χ3n) is 4.29. The van der Waals surface area contributed by atoms with Crippen molar-refractivity contribution in [3.05, 3.63) is 101 Å². The Labute approximate surface area is 176 Å². The molecule has 2 N–H and O–H groups in total. The molecule has 1 heterocycles. The second kappa shape index (κ2) is 8.67. The van der Waals surface area contributed by atoms with Crippen molar-refractivity contribution in [2.75, 3.05) is 10.6 Å². The lowest BCUT2D eigenvalue weighted by atomic mass is 10.1. The number of carbonyl (C=O) groups excluding carboxylic acids is 2. The van der Waals surface area contributed by atoms with Crippen molar-refractivity contribution in [2.24, 2.45) is 0 Å². The van der Waals surface area contributed by atoms with Crippen LogP contribution in [0.4, 0.5) is 15.2 Å². The molecule has 0 bridgehead atoms. The first-order valence-corrected chi connectivity index (χ1v) is 9.96. The van der Waals surface area contributed by atoms with Gasteiger partial charge in [-0.05, 0) is 48.5 Å². The van der Waals surface area contributed by atoms with Crippen molar-refractivity contribution in [2.45, 2.75) is 0 Å². The Morgan fingerprint density at radius 1 is 0.800 bits per heavy atom. The summed E-state index contributed by atoms with van der Waals surface area (Å²) in [5, 5.41) is 7.70. The van der Waals surface area contributed by atoms with E-state index in [0.29, 0.717) is 33.2 Å². The summed E-state index contributed by atoms with van der Waals surface area (Å²) in [6, 6.07) is 21.6. The zero-order valence-corrected chi connectivity index (χ0v) is 16.4. The molecule has 148 valence electrons. The van der Waals surface area contributed by atoms with E-state index in [2.05, 4.69) is 15.6 Å². The largest absolute Gasteiger partial charge is 0.322 e. The van der Waals surface area contributed by atoms with Crippen molar-refractivity contribution in [3.8, 4) is 11.3 Å². The summed E-state index contributed by atoms with van der Waals surface area (Å²) in [4.78, 5) is 29.0. The fourth-order valence-electron chi connectivity index (χ4n) is 2.78. The predicted octanol–water partition coefficient (Wildman–Crippen LogP) is 5.45. The SMILES string of the molecule is O=C(Nc1ccc(C(=O)Nc2nc(-c3cccc(F)c3)cs2)cc1)c1ccccc1. The maximum atomic E-state index is 13.4. The molecule has 0 atom stereocenters. The highest BCUT2D eigenvalue weighted by Gasteiger charge is 2.11. The van der Waals surface area contributed by atoms with Crippen LogP contribution in [0.25, 0.3) is 11.3 Å². The molecule has 0 saturated carbocycles. The first-order chi connectivity index (χ1) is 14.6. The lowest BCUT2D eigenvalue weighted by Gasteiger charge is -2.06. The van der Waals surface area contributed by atoms with Gasteiger partial charge in [0.05, 0.1) is 5.69 Å². The Bertz CT molecular complexity index is 1190. The minimum absolute atomic E-state index is 0.222. The summed E-state index contributed by atoms with van der Waals surface area (Å²) >= 11 is 1.26. The predicted molar refractivity (Wildman–Crippen MR) is 116 cm³/mol. The van der Waals surface area contributed by atoms with Gasteiger partial charge in [0, 0.05) is 27.8 Å². The van der Waals surface area contributed by atoms with Crippen LogP contribution in [-0.2, 0) is 0 Å². The number of hydrogen-bond donors (Lipinski definition) is 2. The number of nitrogens with one attached hydrogen (secondary N) is 2. The molecule has 7 heteroatoms. The summed E-state index contributed by atoms with van der Waals surface area (Å²) < 4.78 is 13.4. The molecule has 1 aromatic heterocycles. The van der Waals surface area contributed by atoms with Gasteiger partial charge in [-0.1, -0.05) is 30.3 Å². The van der Waals surface area contributed by atoms with Gasteiger partial charge in [-0.25, -0.2) is 9.37 Å². The average molecular weight is 417 g/mol. The Kier molecular flexibility index (Phi) is 5.63. The summed E-state index contributed by atoms with van der Waals surface area (Å²) in [6.45, 7) is 0. The van der Waals surface area contributed by atoms with Crippen LogP contribution >= 0.6 is 11.3 Å². The van der Waals surface area contributed by atoms with Gasteiger partial charge in [0.1, 0.15) is 5.82 Å². The number of amides is 2. The Morgan fingerprint density at radius 2 is 1.50 bits per heavy atom. The van der Waals surface area contributed by atoms with Crippen molar-refractivity contribution in [1.82, 2.24) is 4.98 Å². The van der Waals surface area contributed by atoms with Gasteiger partial charge in [-0.3, -0.25) is 14.9 Å². The van der Waals surface area contributed by atoms with Crippen molar-refractivity contribution < 1.29 is 14.0 Å². The molecule has 4 aromatic rings. The molecule has 0 aliphatic carbocycles. The molecule has 5 nitrogen and oxygen atoms in total. The van der Waals surface area contributed by atoms with Gasteiger partial charge in [0.15, 0.2) is 5.13 Å². The van der Waals surface area contributed by atoms with Crippen LogP contribution in [0.15, 0.2) is 84.2 Å². The number of rotatable bonds is 5. The third-order valence-corrected chi connectivity index (χ3v) is 5.04. The van der Waals surface area contributed by atoms with E-state index in [9.17, 15) is 14.0 Å². The number of aromatic nitrogens is 1. The lowest BCUT2D eigenvalue weighted by molar-refractivity contribution is 0.102. The quantitative estimate of drug-likeness (QED) is 0.453. The zero-order valence-electron chi connectivity index (χ0n) is 15.6. The first-order valence-electron chi connectivity index (χ1n) is 9.08. The number of carbonyl (C=O) groups is 2. The fraction of sp³-hybridized carbons (Fsp3) is 0. The van der Waals surface area contributed by atoms with Crippen LogP contribution in [0.3, 0.4) is 0 Å². The molecule has 30 heavy (non-hydrogen) atoms. The van der Waals surface area contributed by atoms with Gasteiger partial charge >= 0.3 is 0 Å². The molecular formula is C23H16FN3O2S. The molecular weight excluding hydrogens is 401 g/mol. The van der Waals surface area contributed by atoms with Gasteiger partial charge in [-0.15, -0.1) is 11.3 Å². The molecule has 0 unspecified atom stereocenters. The average Bonchev–Trinajstić information content (AvgIpc) is 3.23. The highest BCUT2D eigenvalue weighted by molar-refractivity contribution is 7.14. The topological polar surface area (TPSA) is 71.1 Å². The number of anilines is 2. The molecule has 2 amide bonds. The molecule has 3 aromatic carbocycles. The van der Waals surface area contributed by atoms with Gasteiger partial charge in [0.2, 0.25) is 0 Å². The Morgan fingerprint density at radius 3 is 2.23 bits per heavy atom. The van der Waals surface area contributed by atoms with Crippen LogP contribution in [0.5, 0.6) is 0 Å². The molecule has 0 saturated heterocycles. The third kappa shape index (κ3) is 4.59. The zero-order chi connectivity index (χ0) is 20.9. The van der Waals surface area contributed by atoms with E-state index < -0.39 is 0 Å². The fourth-order valence-corrected chi connectivity index (χ4v) is 3.49. The van der Waals surface area contributed by atoms with Gasteiger partial charge < -0.3 is 5.32 Å². The monoisotopic (exact) mass is 417 g/mol. The highest BCUT2D eigenvalue weighted by atomic mass is 32.1. The molecule has 0 fully saturated rings. The number of hydrogen-bond acceptors (Lipinski definition) is 4. The second-order valence-electron chi connectivity index (χ2n) is 6.40. The van der Waals surface area contributed by atoms with Crippen LogP contribution in [0.1, 0.15) is 20.7 Å². The van der Waals surface area contributed by atoms with Gasteiger partial charge in [0.25, 0.3) is 11.8 Å². The summed E-state index contributed by atoms with van der Waals surface area (Å²) in [5.41, 5.74) is 2.80.